The van der Waals surface area contributed by atoms with Crippen LogP contribution in [0.25, 0.3) is 0 Å². The summed E-state index contributed by atoms with van der Waals surface area (Å²) in [6.07, 6.45) is 0.814. The Kier molecular flexibility index (Phi) is 6.00. The van der Waals surface area contributed by atoms with E-state index >= 15 is 0 Å². The molecule has 3 rings (SSSR count). The van der Waals surface area contributed by atoms with Crippen molar-refractivity contribution in [2.24, 2.45) is 0 Å². The summed E-state index contributed by atoms with van der Waals surface area (Å²) in [5.74, 6) is -0.233. The summed E-state index contributed by atoms with van der Waals surface area (Å²) in [6.45, 7) is 10.7. The summed E-state index contributed by atoms with van der Waals surface area (Å²) < 4.78 is 5.46. The van der Waals surface area contributed by atoms with Crippen molar-refractivity contribution in [3.05, 3.63) is 23.8 Å². The summed E-state index contributed by atoms with van der Waals surface area (Å²) >= 11 is 0. The normalized spacial score (nSPS) is 18.0. The van der Waals surface area contributed by atoms with Crippen LogP contribution < -0.4 is 15.1 Å². The van der Waals surface area contributed by atoms with Crippen molar-refractivity contribution in [1.82, 2.24) is 10.2 Å². The second kappa shape index (κ2) is 8.31. The van der Waals surface area contributed by atoms with Gasteiger partial charge in [-0.25, -0.2) is 9.59 Å². The molecular formula is C21H30N4O4. The topological polar surface area (TPSA) is 82.2 Å². The number of urea groups is 1. The van der Waals surface area contributed by atoms with Crippen LogP contribution in [0.3, 0.4) is 0 Å². The molecule has 2 fully saturated rings. The molecule has 1 aromatic carbocycles. The Labute approximate surface area is 171 Å². The van der Waals surface area contributed by atoms with Gasteiger partial charge in [0, 0.05) is 50.5 Å². The van der Waals surface area contributed by atoms with Crippen molar-refractivity contribution in [1.29, 1.82) is 0 Å². The average molecular weight is 402 g/mol. The Morgan fingerprint density at radius 1 is 1.10 bits per heavy atom. The Morgan fingerprint density at radius 3 is 2.38 bits per heavy atom. The van der Waals surface area contributed by atoms with Crippen molar-refractivity contribution in [3.8, 4) is 0 Å². The lowest BCUT2D eigenvalue weighted by molar-refractivity contribution is -0.120. The molecule has 2 aliphatic heterocycles. The smallest absolute Gasteiger partial charge is 0.410 e. The van der Waals surface area contributed by atoms with E-state index in [4.69, 9.17) is 4.74 Å². The van der Waals surface area contributed by atoms with Crippen LogP contribution in [-0.4, -0.2) is 61.3 Å². The first-order valence-corrected chi connectivity index (χ1v) is 10.1. The number of carbonyl (C=O) groups is 3. The van der Waals surface area contributed by atoms with E-state index in [1.54, 1.807) is 9.80 Å². The number of aryl methyl sites for hydroxylation is 1. The lowest BCUT2D eigenvalue weighted by atomic mass is 10.1. The number of anilines is 2. The van der Waals surface area contributed by atoms with Crippen LogP contribution in [0.1, 0.15) is 39.7 Å². The highest BCUT2D eigenvalue weighted by Gasteiger charge is 2.28. The Morgan fingerprint density at radius 2 is 1.79 bits per heavy atom. The van der Waals surface area contributed by atoms with Gasteiger partial charge in [0.1, 0.15) is 5.60 Å². The standard InChI is InChI=1S/C21H30N4O4/c1-5-15-14-16(6-7-17(15)25-9-8-18(26)22-19(25)27)23-10-12-24(13-11-23)20(28)29-21(2,3)4/h6-7,14H,5,8-13H2,1-4H3,(H,22,26,27). The van der Waals surface area contributed by atoms with Crippen LogP contribution in [0, 0.1) is 0 Å². The molecule has 158 valence electrons. The van der Waals surface area contributed by atoms with E-state index < -0.39 is 5.60 Å². The van der Waals surface area contributed by atoms with Crippen LogP contribution >= 0.6 is 0 Å². The van der Waals surface area contributed by atoms with Gasteiger partial charge in [-0.1, -0.05) is 6.92 Å². The highest BCUT2D eigenvalue weighted by atomic mass is 16.6. The van der Waals surface area contributed by atoms with Crippen molar-refractivity contribution < 1.29 is 19.1 Å². The summed E-state index contributed by atoms with van der Waals surface area (Å²) in [5.41, 5.74) is 2.48. The molecule has 29 heavy (non-hydrogen) atoms. The van der Waals surface area contributed by atoms with E-state index in [1.165, 1.54) is 0 Å². The van der Waals surface area contributed by atoms with Crippen LogP contribution in [-0.2, 0) is 16.0 Å². The van der Waals surface area contributed by atoms with E-state index in [0.29, 0.717) is 26.1 Å². The Hall–Kier alpha value is -2.77. The van der Waals surface area contributed by atoms with Gasteiger partial charge >= 0.3 is 12.1 Å². The van der Waals surface area contributed by atoms with Crippen molar-refractivity contribution in [3.63, 3.8) is 0 Å². The zero-order valence-corrected chi connectivity index (χ0v) is 17.7. The van der Waals surface area contributed by atoms with Gasteiger partial charge in [-0.2, -0.15) is 0 Å². The predicted octanol–water partition coefficient (Wildman–Crippen LogP) is 2.75. The molecule has 2 heterocycles. The van der Waals surface area contributed by atoms with E-state index in [-0.39, 0.29) is 18.0 Å². The Bertz CT molecular complexity index is 794. The number of hydrogen-bond acceptors (Lipinski definition) is 5. The third-order valence-electron chi connectivity index (χ3n) is 5.09. The molecule has 8 heteroatoms. The number of nitrogens with one attached hydrogen (secondary N) is 1. The summed E-state index contributed by atoms with van der Waals surface area (Å²) in [7, 11) is 0. The van der Waals surface area contributed by atoms with E-state index in [2.05, 4.69) is 23.2 Å². The molecule has 1 N–H and O–H groups in total. The van der Waals surface area contributed by atoms with Crippen LogP contribution in [0.15, 0.2) is 18.2 Å². The van der Waals surface area contributed by atoms with Crippen LogP contribution in [0.4, 0.5) is 21.0 Å². The third-order valence-corrected chi connectivity index (χ3v) is 5.09. The van der Waals surface area contributed by atoms with Crippen molar-refractivity contribution in [2.45, 2.75) is 46.1 Å². The molecule has 0 saturated carbocycles. The fraction of sp³-hybridized carbons (Fsp3) is 0.571. The zero-order valence-electron chi connectivity index (χ0n) is 17.7. The minimum atomic E-state index is -0.495. The van der Waals surface area contributed by atoms with Gasteiger partial charge in [0.05, 0.1) is 0 Å². The number of rotatable bonds is 3. The molecule has 0 unspecified atom stereocenters. The molecule has 1 aromatic rings. The molecule has 2 saturated heterocycles. The first-order chi connectivity index (χ1) is 13.7. The molecule has 2 aliphatic rings. The minimum Gasteiger partial charge on any atom is -0.444 e. The molecule has 8 nitrogen and oxygen atoms in total. The number of carbonyl (C=O) groups excluding carboxylic acids is 3. The van der Waals surface area contributed by atoms with Gasteiger partial charge in [-0.05, 0) is 51.0 Å². The fourth-order valence-corrected chi connectivity index (χ4v) is 3.58. The number of imide groups is 1. The number of benzene rings is 1. The highest BCUT2D eigenvalue weighted by Crippen LogP contribution is 2.29. The SMILES string of the molecule is CCc1cc(N2CCN(C(=O)OC(C)(C)C)CC2)ccc1N1CCC(=O)NC1=O. The molecule has 0 aliphatic carbocycles. The van der Waals surface area contributed by atoms with Crippen molar-refractivity contribution in [2.75, 3.05) is 42.5 Å². The average Bonchev–Trinajstić information content (AvgIpc) is 2.66. The quantitative estimate of drug-likeness (QED) is 0.841. The van der Waals surface area contributed by atoms with E-state index in [1.807, 2.05) is 32.9 Å². The first kappa shape index (κ1) is 21.0. The summed E-state index contributed by atoms with van der Waals surface area (Å²) in [6, 6.07) is 5.68. The van der Waals surface area contributed by atoms with E-state index in [9.17, 15) is 14.4 Å². The molecule has 0 bridgehead atoms. The summed E-state index contributed by atoms with van der Waals surface area (Å²) in [4.78, 5) is 41.5. The second-order valence-electron chi connectivity index (χ2n) is 8.38. The maximum absolute atomic E-state index is 12.2. The van der Waals surface area contributed by atoms with Gasteiger partial charge in [0.25, 0.3) is 0 Å². The maximum Gasteiger partial charge on any atom is 0.410 e. The number of amides is 4. The molecule has 0 spiro atoms. The van der Waals surface area contributed by atoms with Gasteiger partial charge in [-0.3, -0.25) is 15.0 Å². The number of hydrogen-bond donors (Lipinski definition) is 1. The fourth-order valence-electron chi connectivity index (χ4n) is 3.58. The third kappa shape index (κ3) is 4.99. The number of nitrogens with zero attached hydrogens (tertiary/aromatic N) is 3. The highest BCUT2D eigenvalue weighted by molar-refractivity contribution is 6.06. The van der Waals surface area contributed by atoms with Crippen molar-refractivity contribution >= 4 is 29.4 Å². The number of piperazine rings is 1. The van der Waals surface area contributed by atoms with Gasteiger partial charge < -0.3 is 14.5 Å². The molecule has 0 aromatic heterocycles. The number of ether oxygens (including phenoxy) is 1. The summed E-state index contributed by atoms with van der Waals surface area (Å²) in [5, 5.41) is 2.38. The van der Waals surface area contributed by atoms with Gasteiger partial charge in [0.15, 0.2) is 0 Å². The molecular weight excluding hydrogens is 372 g/mol. The maximum atomic E-state index is 12.2. The zero-order chi connectivity index (χ0) is 21.2. The van der Waals surface area contributed by atoms with Gasteiger partial charge in [0.2, 0.25) is 5.91 Å². The lowest BCUT2D eigenvalue weighted by Gasteiger charge is -2.37. The monoisotopic (exact) mass is 402 g/mol. The first-order valence-electron chi connectivity index (χ1n) is 10.1. The van der Waals surface area contributed by atoms with Crippen LogP contribution in [0.5, 0.6) is 0 Å². The second-order valence-corrected chi connectivity index (χ2v) is 8.38. The molecule has 4 amide bonds. The molecule has 0 radical (unpaired) electrons. The largest absolute Gasteiger partial charge is 0.444 e. The predicted molar refractivity (Wildman–Crippen MR) is 111 cm³/mol. The van der Waals surface area contributed by atoms with E-state index in [0.717, 1.165) is 36.4 Å². The lowest BCUT2D eigenvalue weighted by Crippen LogP contribution is -2.50. The Balaban J connectivity index is 1.67. The molecule has 0 atom stereocenters. The van der Waals surface area contributed by atoms with Gasteiger partial charge in [-0.15, -0.1) is 0 Å². The van der Waals surface area contributed by atoms with Crippen LogP contribution in [0.2, 0.25) is 0 Å². The minimum absolute atomic E-state index is 0.233.